The smallest absolute Gasteiger partial charge is 0.263 e. The predicted molar refractivity (Wildman–Crippen MR) is 101 cm³/mol. The van der Waals surface area contributed by atoms with E-state index in [1.165, 1.54) is 16.0 Å². The van der Waals surface area contributed by atoms with Gasteiger partial charge in [-0.05, 0) is 36.7 Å². The second-order valence-electron chi connectivity index (χ2n) is 6.13. The van der Waals surface area contributed by atoms with Crippen LogP contribution in [0, 0.1) is 4.77 Å². The number of aromatic amines is 1. The van der Waals surface area contributed by atoms with Crippen molar-refractivity contribution in [1.29, 1.82) is 0 Å². The summed E-state index contributed by atoms with van der Waals surface area (Å²) in [7, 11) is 0. The summed E-state index contributed by atoms with van der Waals surface area (Å²) >= 11 is 7.00. The van der Waals surface area contributed by atoms with Gasteiger partial charge in [0.05, 0.1) is 5.39 Å². The number of nitrogens with zero attached hydrogens (tertiary/aromatic N) is 2. The standard InChI is InChI=1S/C18H19N3OS2/c1-2-21-17(22)15-13-8-9-20(10-12-6-4-3-5-7-12)11-14(13)24-16(15)19-18(21)23/h3-7H,2,8-11H2,1H3,(H,19,23). The lowest BCUT2D eigenvalue weighted by Crippen LogP contribution is -2.30. The van der Waals surface area contributed by atoms with Crippen LogP contribution in [0.15, 0.2) is 35.1 Å². The molecule has 124 valence electrons. The van der Waals surface area contributed by atoms with E-state index in [1.807, 2.05) is 13.0 Å². The molecular formula is C18H19N3OS2. The number of aromatic nitrogens is 2. The van der Waals surface area contributed by atoms with Gasteiger partial charge in [0.1, 0.15) is 4.83 Å². The van der Waals surface area contributed by atoms with E-state index in [9.17, 15) is 4.79 Å². The van der Waals surface area contributed by atoms with Crippen molar-refractivity contribution in [2.75, 3.05) is 6.54 Å². The molecule has 0 radical (unpaired) electrons. The Morgan fingerprint density at radius 3 is 2.83 bits per heavy atom. The molecular weight excluding hydrogens is 338 g/mol. The molecule has 4 nitrogen and oxygen atoms in total. The summed E-state index contributed by atoms with van der Waals surface area (Å²) in [6.45, 7) is 5.39. The van der Waals surface area contributed by atoms with Crippen molar-refractivity contribution < 1.29 is 0 Å². The number of benzene rings is 1. The van der Waals surface area contributed by atoms with E-state index in [-0.39, 0.29) is 5.56 Å². The summed E-state index contributed by atoms with van der Waals surface area (Å²) in [4.78, 5) is 20.7. The van der Waals surface area contributed by atoms with Gasteiger partial charge in [-0.25, -0.2) is 0 Å². The Kier molecular flexibility index (Phi) is 4.12. The van der Waals surface area contributed by atoms with Crippen LogP contribution in [0.25, 0.3) is 10.2 Å². The molecule has 0 atom stereocenters. The molecule has 2 aromatic heterocycles. The van der Waals surface area contributed by atoms with Crippen molar-refractivity contribution in [3.05, 3.63) is 61.5 Å². The number of hydrogen-bond donors (Lipinski definition) is 1. The molecule has 1 aromatic carbocycles. The van der Waals surface area contributed by atoms with Gasteiger partial charge < -0.3 is 4.98 Å². The minimum atomic E-state index is 0.0604. The summed E-state index contributed by atoms with van der Waals surface area (Å²) in [5, 5.41) is 0.852. The SMILES string of the molecule is CCn1c(=S)[nH]c2sc3c(c2c1=O)CCN(Cc1ccccc1)C3. The van der Waals surface area contributed by atoms with Crippen molar-refractivity contribution in [3.63, 3.8) is 0 Å². The maximum absolute atomic E-state index is 12.8. The van der Waals surface area contributed by atoms with E-state index in [0.29, 0.717) is 11.3 Å². The quantitative estimate of drug-likeness (QED) is 0.727. The van der Waals surface area contributed by atoms with Crippen LogP contribution in [-0.2, 0) is 26.1 Å². The monoisotopic (exact) mass is 357 g/mol. The number of H-pyrrole nitrogens is 1. The summed E-state index contributed by atoms with van der Waals surface area (Å²) < 4.78 is 2.18. The van der Waals surface area contributed by atoms with Crippen LogP contribution in [0.5, 0.6) is 0 Å². The lowest BCUT2D eigenvalue weighted by molar-refractivity contribution is 0.249. The van der Waals surface area contributed by atoms with Gasteiger partial charge in [0.15, 0.2) is 4.77 Å². The lowest BCUT2D eigenvalue weighted by Gasteiger charge is -2.26. The molecule has 24 heavy (non-hydrogen) atoms. The highest BCUT2D eigenvalue weighted by atomic mass is 32.1. The molecule has 0 unspecified atom stereocenters. The number of thiophene rings is 1. The third kappa shape index (κ3) is 2.64. The van der Waals surface area contributed by atoms with Gasteiger partial charge in [-0.3, -0.25) is 14.3 Å². The molecule has 3 heterocycles. The zero-order chi connectivity index (χ0) is 16.7. The molecule has 3 aromatic rings. The molecule has 0 saturated carbocycles. The molecule has 0 bridgehead atoms. The largest absolute Gasteiger partial charge is 0.323 e. The molecule has 0 spiro atoms. The second kappa shape index (κ2) is 6.27. The average molecular weight is 358 g/mol. The maximum atomic E-state index is 12.8. The van der Waals surface area contributed by atoms with E-state index in [1.54, 1.807) is 15.9 Å². The Balaban J connectivity index is 1.71. The Bertz CT molecular complexity index is 1000. The molecule has 0 aliphatic carbocycles. The number of hydrogen-bond acceptors (Lipinski definition) is 4. The van der Waals surface area contributed by atoms with Crippen LogP contribution in [0.1, 0.15) is 22.9 Å². The Hall–Kier alpha value is -1.76. The van der Waals surface area contributed by atoms with E-state index in [0.717, 1.165) is 36.3 Å². The first-order valence-electron chi connectivity index (χ1n) is 8.21. The topological polar surface area (TPSA) is 41.0 Å². The first-order chi connectivity index (χ1) is 11.7. The zero-order valence-electron chi connectivity index (χ0n) is 13.5. The van der Waals surface area contributed by atoms with Gasteiger partial charge in [-0.1, -0.05) is 30.3 Å². The highest BCUT2D eigenvalue weighted by Crippen LogP contribution is 2.32. The Morgan fingerprint density at radius 2 is 2.08 bits per heavy atom. The highest BCUT2D eigenvalue weighted by Gasteiger charge is 2.23. The fourth-order valence-electron chi connectivity index (χ4n) is 3.43. The van der Waals surface area contributed by atoms with Crippen LogP contribution in [-0.4, -0.2) is 21.0 Å². The molecule has 4 rings (SSSR count). The number of nitrogens with one attached hydrogen (secondary N) is 1. The fraction of sp³-hybridized carbons (Fsp3) is 0.333. The van der Waals surface area contributed by atoms with Crippen LogP contribution < -0.4 is 5.56 Å². The first kappa shape index (κ1) is 15.7. The zero-order valence-corrected chi connectivity index (χ0v) is 15.2. The number of rotatable bonds is 3. The van der Waals surface area contributed by atoms with Gasteiger partial charge in [-0.15, -0.1) is 11.3 Å². The number of fused-ring (bicyclic) bond motifs is 3. The molecule has 1 N–H and O–H groups in total. The van der Waals surface area contributed by atoms with E-state index >= 15 is 0 Å². The second-order valence-corrected chi connectivity index (χ2v) is 7.63. The van der Waals surface area contributed by atoms with Crippen LogP contribution in [0.4, 0.5) is 0 Å². The molecule has 1 aliphatic rings. The lowest BCUT2D eigenvalue weighted by atomic mass is 10.0. The van der Waals surface area contributed by atoms with E-state index in [2.05, 4.69) is 34.1 Å². The normalized spacial score (nSPS) is 14.9. The summed E-state index contributed by atoms with van der Waals surface area (Å²) in [6.07, 6.45) is 0.922. The summed E-state index contributed by atoms with van der Waals surface area (Å²) in [5.41, 5.74) is 2.61. The van der Waals surface area contributed by atoms with E-state index < -0.39 is 0 Å². The minimum Gasteiger partial charge on any atom is -0.323 e. The molecule has 0 amide bonds. The molecule has 1 aliphatic heterocycles. The predicted octanol–water partition coefficient (Wildman–Crippen LogP) is 3.70. The minimum absolute atomic E-state index is 0.0604. The molecule has 0 saturated heterocycles. The van der Waals surface area contributed by atoms with Crippen molar-refractivity contribution in [1.82, 2.24) is 14.5 Å². The van der Waals surface area contributed by atoms with Crippen LogP contribution in [0.3, 0.4) is 0 Å². The summed E-state index contributed by atoms with van der Waals surface area (Å²) in [6, 6.07) is 10.5. The van der Waals surface area contributed by atoms with Gasteiger partial charge in [0, 0.05) is 31.1 Å². The van der Waals surface area contributed by atoms with Gasteiger partial charge in [0.2, 0.25) is 0 Å². The van der Waals surface area contributed by atoms with Crippen molar-refractivity contribution in [3.8, 4) is 0 Å². The van der Waals surface area contributed by atoms with Gasteiger partial charge >= 0.3 is 0 Å². The average Bonchev–Trinajstić information content (AvgIpc) is 2.93. The van der Waals surface area contributed by atoms with Crippen molar-refractivity contribution in [2.24, 2.45) is 0 Å². The highest BCUT2D eigenvalue weighted by molar-refractivity contribution is 7.71. The Labute approximate surface area is 149 Å². The third-order valence-electron chi connectivity index (χ3n) is 4.63. The van der Waals surface area contributed by atoms with Gasteiger partial charge in [0.25, 0.3) is 5.56 Å². The van der Waals surface area contributed by atoms with Gasteiger partial charge in [-0.2, -0.15) is 0 Å². The first-order valence-corrected chi connectivity index (χ1v) is 9.43. The molecule has 0 fully saturated rings. The Morgan fingerprint density at radius 1 is 1.29 bits per heavy atom. The maximum Gasteiger partial charge on any atom is 0.263 e. The fourth-order valence-corrected chi connectivity index (χ4v) is 5.09. The van der Waals surface area contributed by atoms with E-state index in [4.69, 9.17) is 12.2 Å². The van der Waals surface area contributed by atoms with Crippen LogP contribution in [0.2, 0.25) is 0 Å². The van der Waals surface area contributed by atoms with Crippen LogP contribution >= 0.6 is 23.6 Å². The summed E-state index contributed by atoms with van der Waals surface area (Å²) in [5.74, 6) is 0. The third-order valence-corrected chi connectivity index (χ3v) is 6.08. The van der Waals surface area contributed by atoms with Crippen molar-refractivity contribution in [2.45, 2.75) is 33.0 Å². The van der Waals surface area contributed by atoms with Crippen molar-refractivity contribution >= 4 is 33.8 Å². The molecule has 6 heteroatoms.